The normalized spacial score (nSPS) is 12.5. The lowest BCUT2D eigenvalue weighted by Gasteiger charge is -2.17. The van der Waals surface area contributed by atoms with Gasteiger partial charge in [-0.1, -0.05) is 72.8 Å². The van der Waals surface area contributed by atoms with Crippen LogP contribution in [0.15, 0.2) is 89.8 Å². The molecule has 0 amide bonds. The molecule has 2 N–H and O–H groups in total. The van der Waals surface area contributed by atoms with Crippen LogP contribution in [0.25, 0.3) is 0 Å². The van der Waals surface area contributed by atoms with Gasteiger partial charge < -0.3 is 5.73 Å². The van der Waals surface area contributed by atoms with Crippen molar-refractivity contribution in [2.75, 3.05) is 0 Å². The van der Waals surface area contributed by atoms with Gasteiger partial charge in [0.25, 0.3) is 10.1 Å². The smallest absolute Gasteiger partial charge is 0.298 e. The maximum absolute atomic E-state index is 12.9. The summed E-state index contributed by atoms with van der Waals surface area (Å²) in [7, 11) is -4.15. The second-order valence-electron chi connectivity index (χ2n) is 5.92. The molecule has 3 aromatic carbocycles. The maximum atomic E-state index is 12.9. The van der Waals surface area contributed by atoms with Gasteiger partial charge in [-0.2, -0.15) is 8.42 Å². The monoisotopic (exact) mass is 381 g/mol. The van der Waals surface area contributed by atoms with E-state index in [1.807, 2.05) is 0 Å². The molecule has 0 heterocycles. The van der Waals surface area contributed by atoms with Crippen LogP contribution in [0.3, 0.4) is 0 Å². The van der Waals surface area contributed by atoms with E-state index in [2.05, 4.69) is 0 Å². The highest BCUT2D eigenvalue weighted by molar-refractivity contribution is 7.86. The minimum Gasteiger partial charge on any atom is -0.326 e. The molecule has 6 heteroatoms. The molecule has 0 aliphatic rings. The Labute approximate surface area is 158 Å². The molecule has 5 nitrogen and oxygen atoms in total. The first-order chi connectivity index (χ1) is 13.0. The molecule has 0 radical (unpaired) electrons. The summed E-state index contributed by atoms with van der Waals surface area (Å²) < 4.78 is 30.9. The molecule has 0 fully saturated rings. The molecule has 0 aliphatic heterocycles. The van der Waals surface area contributed by atoms with Crippen LogP contribution in [-0.2, 0) is 20.8 Å². The largest absolute Gasteiger partial charge is 0.326 e. The summed E-state index contributed by atoms with van der Waals surface area (Å²) in [6.07, 6.45) is -1.27. The Morgan fingerprint density at radius 1 is 0.852 bits per heavy atom. The summed E-state index contributed by atoms with van der Waals surface area (Å²) in [5, 5.41) is 0. The van der Waals surface area contributed by atoms with Crippen LogP contribution in [0.4, 0.5) is 0 Å². The van der Waals surface area contributed by atoms with E-state index in [1.54, 1.807) is 72.8 Å². The molecule has 0 spiro atoms. The van der Waals surface area contributed by atoms with Crippen molar-refractivity contribution in [1.29, 1.82) is 0 Å². The van der Waals surface area contributed by atoms with Crippen molar-refractivity contribution in [2.45, 2.75) is 17.5 Å². The molecule has 3 rings (SSSR count). The zero-order chi connectivity index (χ0) is 19.3. The highest BCUT2D eigenvalue weighted by atomic mass is 32.2. The van der Waals surface area contributed by atoms with E-state index >= 15 is 0 Å². The van der Waals surface area contributed by atoms with Gasteiger partial charge >= 0.3 is 0 Å². The third-order valence-electron chi connectivity index (χ3n) is 4.07. The van der Waals surface area contributed by atoms with Crippen molar-refractivity contribution in [3.8, 4) is 0 Å². The Hall–Kier alpha value is -2.80. The zero-order valence-corrected chi connectivity index (χ0v) is 15.3. The van der Waals surface area contributed by atoms with Crippen LogP contribution in [0.1, 0.15) is 27.6 Å². The fraction of sp³-hybridized carbons (Fsp3) is 0.0952. The molecule has 1 unspecified atom stereocenters. The van der Waals surface area contributed by atoms with Crippen LogP contribution in [0.5, 0.6) is 0 Å². The summed E-state index contributed by atoms with van der Waals surface area (Å²) in [6.45, 7) is 0.306. The molecule has 138 valence electrons. The van der Waals surface area contributed by atoms with Gasteiger partial charge in [-0.05, 0) is 23.3 Å². The molecule has 0 saturated carbocycles. The van der Waals surface area contributed by atoms with E-state index in [-0.39, 0.29) is 4.90 Å². The fourth-order valence-electron chi connectivity index (χ4n) is 2.61. The number of nitrogens with two attached hydrogens (primary N) is 1. The average Bonchev–Trinajstić information content (AvgIpc) is 2.73. The van der Waals surface area contributed by atoms with Crippen molar-refractivity contribution >= 4 is 15.9 Å². The van der Waals surface area contributed by atoms with E-state index in [1.165, 1.54) is 12.1 Å². The molecule has 0 aliphatic carbocycles. The van der Waals surface area contributed by atoms with Gasteiger partial charge in [0.2, 0.25) is 0 Å². The predicted octanol–water partition coefficient (Wildman–Crippen LogP) is 3.47. The number of Topliss-reactive ketones (excluding diaryl/α,β-unsaturated/α-hetero) is 1. The van der Waals surface area contributed by atoms with Gasteiger partial charge in [-0.15, -0.1) is 0 Å². The molecule has 3 aromatic rings. The summed E-state index contributed by atoms with van der Waals surface area (Å²) >= 11 is 0. The second kappa shape index (κ2) is 8.26. The van der Waals surface area contributed by atoms with Crippen molar-refractivity contribution in [2.24, 2.45) is 5.73 Å². The number of carbonyl (C=O) groups excluding carboxylic acids is 1. The molecular weight excluding hydrogens is 362 g/mol. The van der Waals surface area contributed by atoms with Crippen molar-refractivity contribution in [3.63, 3.8) is 0 Å². The fourth-order valence-corrected chi connectivity index (χ4v) is 3.64. The summed E-state index contributed by atoms with van der Waals surface area (Å²) in [5.41, 5.74) is 7.19. The standard InChI is InChI=1S/C21H19NO4S/c22-15-16-11-13-19(14-12-16)27(24,25)26-21(18-9-5-2-6-10-18)20(23)17-7-3-1-4-8-17/h1-14,21H,15,22H2. The van der Waals surface area contributed by atoms with E-state index in [9.17, 15) is 13.2 Å². The van der Waals surface area contributed by atoms with Crippen LogP contribution in [0.2, 0.25) is 0 Å². The van der Waals surface area contributed by atoms with E-state index in [4.69, 9.17) is 9.92 Å². The second-order valence-corrected chi connectivity index (χ2v) is 7.49. The Kier molecular flexibility index (Phi) is 5.81. The predicted molar refractivity (Wildman–Crippen MR) is 103 cm³/mol. The van der Waals surface area contributed by atoms with Gasteiger partial charge in [0.05, 0.1) is 4.90 Å². The SMILES string of the molecule is NCc1ccc(S(=O)(=O)OC(C(=O)c2ccccc2)c2ccccc2)cc1. The van der Waals surface area contributed by atoms with Crippen molar-refractivity contribution in [3.05, 3.63) is 102 Å². The molecule has 27 heavy (non-hydrogen) atoms. The van der Waals surface area contributed by atoms with E-state index < -0.39 is 22.0 Å². The highest BCUT2D eigenvalue weighted by Gasteiger charge is 2.29. The van der Waals surface area contributed by atoms with Gasteiger partial charge in [-0.3, -0.25) is 4.79 Å². The molecular formula is C21H19NO4S. The number of hydrogen-bond acceptors (Lipinski definition) is 5. The third kappa shape index (κ3) is 4.49. The number of rotatable bonds is 7. The molecule has 0 saturated heterocycles. The Morgan fingerprint density at radius 3 is 1.96 bits per heavy atom. The summed E-state index contributed by atoms with van der Waals surface area (Å²) in [5.74, 6) is -0.427. The number of ketones is 1. The maximum Gasteiger partial charge on any atom is 0.298 e. The van der Waals surface area contributed by atoms with Crippen LogP contribution < -0.4 is 5.73 Å². The van der Waals surface area contributed by atoms with Crippen molar-refractivity contribution < 1.29 is 17.4 Å². The highest BCUT2D eigenvalue weighted by Crippen LogP contribution is 2.27. The molecule has 1 atom stereocenters. The van der Waals surface area contributed by atoms with Crippen LogP contribution in [0, 0.1) is 0 Å². The summed E-state index contributed by atoms with van der Waals surface area (Å²) in [4.78, 5) is 12.9. The van der Waals surface area contributed by atoms with Gasteiger partial charge in [0.15, 0.2) is 11.9 Å². The van der Waals surface area contributed by atoms with Gasteiger partial charge in [-0.25, -0.2) is 4.18 Å². The van der Waals surface area contributed by atoms with Crippen LogP contribution in [-0.4, -0.2) is 14.2 Å². The summed E-state index contributed by atoms with van der Waals surface area (Å²) in [6, 6.07) is 23.1. The lowest BCUT2D eigenvalue weighted by atomic mass is 10.0. The lowest BCUT2D eigenvalue weighted by Crippen LogP contribution is -2.20. The van der Waals surface area contributed by atoms with Crippen LogP contribution >= 0.6 is 0 Å². The van der Waals surface area contributed by atoms with Crippen molar-refractivity contribution in [1.82, 2.24) is 0 Å². The first kappa shape index (κ1) is 19.0. The lowest BCUT2D eigenvalue weighted by molar-refractivity contribution is 0.0801. The zero-order valence-electron chi connectivity index (χ0n) is 14.5. The van der Waals surface area contributed by atoms with E-state index in [0.29, 0.717) is 17.7 Å². The first-order valence-electron chi connectivity index (χ1n) is 8.38. The number of benzene rings is 3. The quantitative estimate of drug-likeness (QED) is 0.500. The third-order valence-corrected chi connectivity index (χ3v) is 5.36. The molecule has 0 aromatic heterocycles. The average molecular weight is 381 g/mol. The topological polar surface area (TPSA) is 86.5 Å². The minimum absolute atomic E-state index is 0.0264. The molecule has 0 bridgehead atoms. The van der Waals surface area contributed by atoms with E-state index in [0.717, 1.165) is 5.56 Å². The Bertz CT molecular complexity index is 1000. The first-order valence-corrected chi connectivity index (χ1v) is 9.78. The van der Waals surface area contributed by atoms with Gasteiger partial charge in [0, 0.05) is 12.1 Å². The van der Waals surface area contributed by atoms with Gasteiger partial charge in [0.1, 0.15) is 0 Å². The minimum atomic E-state index is -4.15. The number of hydrogen-bond donors (Lipinski definition) is 1. The Balaban J connectivity index is 1.97. The Morgan fingerprint density at radius 2 is 1.41 bits per heavy atom. The number of carbonyl (C=O) groups is 1.